The zero-order valence-electron chi connectivity index (χ0n) is 15.0. The van der Waals surface area contributed by atoms with Crippen LogP contribution in [0.2, 0.25) is 0 Å². The predicted molar refractivity (Wildman–Crippen MR) is 82.2 cm³/mol. The molecule has 1 aromatic heterocycles. The summed E-state index contributed by atoms with van der Waals surface area (Å²) in [7, 11) is 8.11. The molecule has 1 heterocycles. The molecule has 0 aliphatic rings. The van der Waals surface area contributed by atoms with E-state index in [1.807, 2.05) is 38.4 Å². The zero-order valence-corrected chi connectivity index (χ0v) is 15.0. The molecule has 11 nitrogen and oxygen atoms in total. The highest BCUT2D eigenvalue weighted by atomic mass is 16.5. The highest BCUT2D eigenvalue weighted by Crippen LogP contribution is 1.82. The average Bonchev–Trinajstić information content (AvgIpc) is 2.59. The fourth-order valence-corrected chi connectivity index (χ4v) is 1.92. The molecule has 1 rings (SSSR count). The van der Waals surface area contributed by atoms with Gasteiger partial charge in [-0.05, 0) is 0 Å². The van der Waals surface area contributed by atoms with Gasteiger partial charge in [0.05, 0.1) is 0 Å². The molecule has 0 aliphatic heterocycles. The molecule has 24 heavy (non-hydrogen) atoms. The zero-order chi connectivity index (χ0) is 17.8. The van der Waals surface area contributed by atoms with E-state index in [2.05, 4.69) is 5.43 Å². The number of rotatable bonds is 13. The van der Waals surface area contributed by atoms with E-state index in [0.29, 0.717) is 33.7 Å². The van der Waals surface area contributed by atoms with Crippen molar-refractivity contribution in [3.05, 3.63) is 19.0 Å². The Morgan fingerprint density at radius 1 is 0.667 bits per heavy atom. The van der Waals surface area contributed by atoms with Crippen LogP contribution in [0.5, 0.6) is 0 Å². The molecule has 0 radical (unpaired) electrons. The van der Waals surface area contributed by atoms with Gasteiger partial charge in [0.15, 0.2) is 33.7 Å². The van der Waals surface area contributed by atoms with Gasteiger partial charge in [-0.1, -0.05) is 0 Å². The van der Waals surface area contributed by atoms with Crippen molar-refractivity contribution in [3.63, 3.8) is 0 Å². The summed E-state index contributed by atoms with van der Waals surface area (Å²) in [6.45, 7) is 1.74. The monoisotopic (exact) mass is 349 g/mol. The summed E-state index contributed by atoms with van der Waals surface area (Å²) in [5, 5.41) is 3.69. The van der Waals surface area contributed by atoms with E-state index in [-0.39, 0.29) is 0 Å². The second-order valence-corrected chi connectivity index (χ2v) is 4.79. The molecule has 1 aromatic rings. The quantitative estimate of drug-likeness (QED) is 0.298. The van der Waals surface area contributed by atoms with Gasteiger partial charge in [-0.2, -0.15) is 5.43 Å². The topological polar surface area (TPSA) is 76.3 Å². The van der Waals surface area contributed by atoms with Crippen LogP contribution >= 0.6 is 0 Å². The summed E-state index contributed by atoms with van der Waals surface area (Å²) in [4.78, 5) is 0. The van der Waals surface area contributed by atoms with E-state index < -0.39 is 0 Å². The largest absolute Gasteiger partial charge is 0.474 e. The molecule has 0 bridgehead atoms. The molecule has 11 heteroatoms. The first-order chi connectivity index (χ1) is 11.7. The minimum atomic E-state index is 0.345. The van der Waals surface area contributed by atoms with Crippen LogP contribution in [0.3, 0.4) is 0 Å². The average molecular weight is 349 g/mol. The van der Waals surface area contributed by atoms with Crippen molar-refractivity contribution in [2.45, 2.75) is 0 Å². The molecule has 0 fully saturated rings. The van der Waals surface area contributed by atoms with Gasteiger partial charge >= 0.3 is 19.0 Å². The summed E-state index contributed by atoms with van der Waals surface area (Å²) in [6, 6.07) is 0. The Kier molecular flexibility index (Phi) is 9.88. The summed E-state index contributed by atoms with van der Waals surface area (Å²) in [5.41, 5.74) is 3.09. The lowest BCUT2D eigenvalue weighted by molar-refractivity contribution is -0.930. The van der Waals surface area contributed by atoms with Crippen molar-refractivity contribution in [1.29, 1.82) is 0 Å². The molecule has 138 valence electrons. The molecule has 1 N–H and O–H groups in total. The number of hydrogen-bond acceptors (Lipinski definition) is 8. The van der Waals surface area contributed by atoms with E-state index >= 15 is 0 Å². The number of nitrogens with one attached hydrogen (secondary N) is 1. The van der Waals surface area contributed by atoms with Crippen molar-refractivity contribution in [3.8, 4) is 0 Å². The third-order valence-corrected chi connectivity index (χ3v) is 2.88. The Morgan fingerprint density at radius 3 is 1.42 bits per heavy atom. The van der Waals surface area contributed by atoms with Gasteiger partial charge in [0.25, 0.3) is 0 Å². The minimum Gasteiger partial charge on any atom is -0.359 e. The molecular weight excluding hydrogens is 320 g/mol. The maximum absolute atomic E-state index is 5.23. The Hall–Kier alpha value is -1.79. The summed E-state index contributed by atoms with van der Waals surface area (Å²) in [5.74, 6) is 0. The van der Waals surface area contributed by atoms with Crippen molar-refractivity contribution in [1.82, 2.24) is 0 Å². The predicted octanol–water partition coefficient (Wildman–Crippen LogP) is -3.01. The molecule has 0 spiro atoms. The summed E-state index contributed by atoms with van der Waals surface area (Å²) < 4.78 is 31.4. The first kappa shape index (κ1) is 20.3. The Bertz CT molecular complexity index is 420. The third kappa shape index (κ3) is 6.37. The van der Waals surface area contributed by atoms with Gasteiger partial charge in [-0.25, -0.2) is 0 Å². The molecule has 0 unspecified atom stereocenters. The lowest BCUT2D eigenvalue weighted by atomic mass is 10.9. The maximum Gasteiger partial charge on any atom is 0.474 e. The van der Waals surface area contributed by atoms with Gasteiger partial charge in [0, 0.05) is 49.6 Å². The van der Waals surface area contributed by atoms with E-state index in [1.165, 1.54) is 0 Å². The van der Waals surface area contributed by atoms with Crippen LogP contribution < -0.4 is 29.5 Å². The lowest BCUT2D eigenvalue weighted by Crippen LogP contribution is -2.74. The van der Waals surface area contributed by atoms with E-state index in [0.717, 1.165) is 0 Å². The van der Waals surface area contributed by atoms with E-state index in [9.17, 15) is 0 Å². The second kappa shape index (κ2) is 11.7. The van der Waals surface area contributed by atoms with Gasteiger partial charge in [0.2, 0.25) is 0 Å². The smallest absolute Gasteiger partial charge is 0.359 e. The molecule has 0 atom stereocenters. The van der Waals surface area contributed by atoms with Crippen LogP contribution in [0.15, 0.2) is 19.0 Å². The summed E-state index contributed by atoms with van der Waals surface area (Å²) >= 11 is 0. The Balaban J connectivity index is 3.17. The highest BCUT2D eigenvalue weighted by Gasteiger charge is 2.29. The molecule has 0 aromatic carbocycles. The molecule has 0 saturated heterocycles. The third-order valence-electron chi connectivity index (χ3n) is 2.88. The van der Waals surface area contributed by atoms with Gasteiger partial charge in [-0.3, -0.25) is 0 Å². The molecule has 0 saturated carbocycles. The van der Waals surface area contributed by atoms with Crippen LogP contribution in [0.1, 0.15) is 0 Å². The number of methoxy groups -OCH3 is 5. The molecule has 0 aliphatic carbocycles. The van der Waals surface area contributed by atoms with E-state index in [1.54, 1.807) is 40.2 Å². The van der Waals surface area contributed by atoms with Crippen LogP contribution in [0, 0.1) is 0 Å². The van der Waals surface area contributed by atoms with Gasteiger partial charge in [-0.15, -0.1) is 10.0 Å². The molecular formula is C13H29N6O5+3. The summed E-state index contributed by atoms with van der Waals surface area (Å²) in [6.07, 6.45) is 5.50. The second-order valence-electron chi connectivity index (χ2n) is 4.79. The van der Waals surface area contributed by atoms with Crippen molar-refractivity contribution in [2.75, 3.05) is 84.6 Å². The lowest BCUT2D eigenvalue weighted by Gasteiger charge is -2.15. The SMILES string of the molecule is COCN[n+]1c[n+](N(COC)COC)c[n+](N(COC)COC)c1. The number of nitrogens with zero attached hydrogens (tertiary/aromatic N) is 5. The number of aromatic nitrogens is 3. The van der Waals surface area contributed by atoms with Crippen LogP contribution in [0.4, 0.5) is 0 Å². The van der Waals surface area contributed by atoms with Crippen molar-refractivity contribution >= 4 is 0 Å². The normalized spacial score (nSPS) is 10.7. The van der Waals surface area contributed by atoms with Gasteiger partial charge in [0.1, 0.15) is 0 Å². The fourth-order valence-electron chi connectivity index (χ4n) is 1.92. The number of hydrogen-bond donors (Lipinski definition) is 1. The standard InChI is InChI=1S/C13H29N6O5/c1-20-6-14-15-7-16(18(10-21-2)11-22-3)9-17(8-15)19(12-23-4)13-24-5/h7-9,14H,6,10-13H2,1-5H3/q+3. The first-order valence-corrected chi connectivity index (χ1v) is 7.28. The van der Waals surface area contributed by atoms with Crippen LogP contribution in [-0.2, 0) is 23.7 Å². The fraction of sp³-hybridized carbons (Fsp3) is 0.769. The van der Waals surface area contributed by atoms with Gasteiger partial charge < -0.3 is 23.7 Å². The minimum absolute atomic E-state index is 0.345. The van der Waals surface area contributed by atoms with E-state index in [4.69, 9.17) is 23.7 Å². The Labute approximate surface area is 142 Å². The van der Waals surface area contributed by atoms with Crippen LogP contribution in [-0.4, -0.2) is 69.2 Å². The Morgan fingerprint density at radius 2 is 1.08 bits per heavy atom. The molecule has 0 amide bonds. The van der Waals surface area contributed by atoms with Crippen LogP contribution in [0.25, 0.3) is 0 Å². The highest BCUT2D eigenvalue weighted by molar-refractivity contribution is 4.57. The number of ether oxygens (including phenoxy) is 5. The first-order valence-electron chi connectivity index (χ1n) is 7.28. The van der Waals surface area contributed by atoms with Crippen molar-refractivity contribution < 1.29 is 37.7 Å². The van der Waals surface area contributed by atoms with Crippen molar-refractivity contribution in [2.24, 2.45) is 0 Å². The maximum atomic E-state index is 5.23.